The van der Waals surface area contributed by atoms with E-state index in [1.165, 1.54) is 37.5 Å². The molecule has 0 radical (unpaired) electrons. The molecule has 1 aromatic rings. The van der Waals surface area contributed by atoms with Gasteiger partial charge in [-0.25, -0.2) is 13.2 Å². The third-order valence-corrected chi connectivity index (χ3v) is 4.07. The highest BCUT2D eigenvalue weighted by atomic mass is 32.2. The molecule has 0 amide bonds. The summed E-state index contributed by atoms with van der Waals surface area (Å²) >= 11 is 0. The van der Waals surface area contributed by atoms with Gasteiger partial charge in [-0.2, -0.15) is 4.72 Å². The summed E-state index contributed by atoms with van der Waals surface area (Å²) in [5.41, 5.74) is 0.192. The molecular formula is C13H15NO6S. The molecule has 0 heterocycles. The number of nitrogens with one attached hydrogen (secondary N) is 1. The minimum atomic E-state index is -4.01. The van der Waals surface area contributed by atoms with Crippen molar-refractivity contribution >= 4 is 22.0 Å². The van der Waals surface area contributed by atoms with Crippen LogP contribution >= 0.6 is 0 Å². The number of rotatable bonds is 7. The minimum Gasteiger partial charge on any atom is -0.480 e. The average Bonchev–Trinajstić information content (AvgIpc) is 2.45. The van der Waals surface area contributed by atoms with E-state index in [9.17, 15) is 18.0 Å². The van der Waals surface area contributed by atoms with Crippen LogP contribution < -0.4 is 4.72 Å². The number of carbonyl (C=O) groups excluding carboxylic acids is 1. The third-order valence-electron chi connectivity index (χ3n) is 2.58. The first kappa shape index (κ1) is 16.9. The largest absolute Gasteiger partial charge is 0.480 e. The van der Waals surface area contributed by atoms with Gasteiger partial charge in [-0.05, 0) is 30.7 Å². The number of methoxy groups -OCH3 is 1. The van der Waals surface area contributed by atoms with Gasteiger partial charge >= 0.3 is 11.9 Å². The van der Waals surface area contributed by atoms with E-state index in [-0.39, 0.29) is 16.9 Å². The van der Waals surface area contributed by atoms with E-state index < -0.39 is 28.0 Å². The molecule has 2 N–H and O–H groups in total. The van der Waals surface area contributed by atoms with Crippen molar-refractivity contribution in [3.8, 4) is 0 Å². The highest BCUT2D eigenvalue weighted by molar-refractivity contribution is 7.89. The van der Waals surface area contributed by atoms with Crippen LogP contribution in [0.2, 0.25) is 0 Å². The summed E-state index contributed by atoms with van der Waals surface area (Å²) in [5.74, 6) is -1.90. The molecular weight excluding hydrogens is 298 g/mol. The molecule has 1 aromatic carbocycles. The molecule has 1 atom stereocenters. The second-order valence-corrected chi connectivity index (χ2v) is 5.77. The maximum atomic E-state index is 12.0. The van der Waals surface area contributed by atoms with Crippen LogP contribution in [0.15, 0.2) is 41.8 Å². The number of carboxylic acids is 1. The molecule has 0 aliphatic rings. The topological polar surface area (TPSA) is 110 Å². The van der Waals surface area contributed by atoms with Crippen LogP contribution in [0, 0.1) is 0 Å². The molecule has 114 valence electrons. The Morgan fingerprint density at radius 2 is 1.95 bits per heavy atom. The second-order valence-electron chi connectivity index (χ2n) is 4.05. The van der Waals surface area contributed by atoms with E-state index >= 15 is 0 Å². The van der Waals surface area contributed by atoms with Crippen molar-refractivity contribution in [1.29, 1.82) is 0 Å². The summed E-state index contributed by atoms with van der Waals surface area (Å²) in [6.07, 6.45) is 1.26. The Labute approximate surface area is 122 Å². The fraction of sp³-hybridized carbons (Fsp3) is 0.231. The number of ether oxygens (including phenoxy) is 1. The van der Waals surface area contributed by atoms with Gasteiger partial charge in [0.15, 0.2) is 0 Å². The number of aliphatic carboxylic acids is 1. The lowest BCUT2D eigenvalue weighted by atomic mass is 10.2. The molecule has 0 aromatic heterocycles. The van der Waals surface area contributed by atoms with Gasteiger partial charge in [-0.15, -0.1) is 6.58 Å². The zero-order valence-corrected chi connectivity index (χ0v) is 12.1. The van der Waals surface area contributed by atoms with Crippen LogP contribution in [0.1, 0.15) is 16.8 Å². The number of hydrogen-bond donors (Lipinski definition) is 2. The molecule has 7 nitrogen and oxygen atoms in total. The average molecular weight is 313 g/mol. The highest BCUT2D eigenvalue weighted by Crippen LogP contribution is 2.12. The van der Waals surface area contributed by atoms with E-state index in [4.69, 9.17) is 5.11 Å². The van der Waals surface area contributed by atoms with E-state index in [1.54, 1.807) is 0 Å². The molecule has 0 saturated carbocycles. The van der Waals surface area contributed by atoms with Crippen LogP contribution in [-0.4, -0.2) is 38.6 Å². The van der Waals surface area contributed by atoms with Gasteiger partial charge in [0, 0.05) is 0 Å². The monoisotopic (exact) mass is 313 g/mol. The van der Waals surface area contributed by atoms with Crippen molar-refractivity contribution in [2.45, 2.75) is 17.4 Å². The molecule has 0 bridgehead atoms. The Balaban J connectivity index is 2.99. The third kappa shape index (κ3) is 4.40. The van der Waals surface area contributed by atoms with E-state index in [2.05, 4.69) is 16.0 Å². The fourth-order valence-corrected chi connectivity index (χ4v) is 2.71. The highest BCUT2D eigenvalue weighted by Gasteiger charge is 2.24. The summed E-state index contributed by atoms with van der Waals surface area (Å²) in [7, 11) is -2.80. The van der Waals surface area contributed by atoms with Crippen molar-refractivity contribution in [3.05, 3.63) is 42.5 Å². The molecule has 0 fully saturated rings. The van der Waals surface area contributed by atoms with Crippen LogP contribution in [0.25, 0.3) is 0 Å². The van der Waals surface area contributed by atoms with Gasteiger partial charge in [0.25, 0.3) is 0 Å². The van der Waals surface area contributed by atoms with Crippen LogP contribution in [0.4, 0.5) is 0 Å². The van der Waals surface area contributed by atoms with Crippen LogP contribution in [-0.2, 0) is 19.6 Å². The Kier molecular flexibility index (Phi) is 5.62. The van der Waals surface area contributed by atoms with Gasteiger partial charge in [0.05, 0.1) is 17.6 Å². The van der Waals surface area contributed by atoms with Crippen LogP contribution in [0.3, 0.4) is 0 Å². The second kappa shape index (κ2) is 7.00. The molecule has 21 heavy (non-hydrogen) atoms. The molecule has 0 aliphatic carbocycles. The van der Waals surface area contributed by atoms with Gasteiger partial charge < -0.3 is 9.84 Å². The van der Waals surface area contributed by atoms with E-state index in [0.29, 0.717) is 0 Å². The normalized spacial score (nSPS) is 12.4. The molecule has 0 spiro atoms. The summed E-state index contributed by atoms with van der Waals surface area (Å²) < 4.78 is 30.7. The zero-order chi connectivity index (χ0) is 16.0. The van der Waals surface area contributed by atoms with E-state index in [1.807, 2.05) is 0 Å². The zero-order valence-electron chi connectivity index (χ0n) is 11.3. The molecule has 0 saturated heterocycles. The lowest BCUT2D eigenvalue weighted by molar-refractivity contribution is -0.138. The first-order chi connectivity index (χ1) is 9.81. The Hall–Kier alpha value is -2.19. The van der Waals surface area contributed by atoms with Crippen molar-refractivity contribution in [2.75, 3.05) is 7.11 Å². The van der Waals surface area contributed by atoms with Gasteiger partial charge in [-0.1, -0.05) is 6.08 Å². The Morgan fingerprint density at radius 3 is 2.38 bits per heavy atom. The first-order valence-corrected chi connectivity index (χ1v) is 7.34. The van der Waals surface area contributed by atoms with Crippen LogP contribution in [0.5, 0.6) is 0 Å². The number of carbonyl (C=O) groups is 2. The van der Waals surface area contributed by atoms with E-state index in [0.717, 1.165) is 0 Å². The minimum absolute atomic E-state index is 0.0468. The lowest BCUT2D eigenvalue weighted by Crippen LogP contribution is -2.40. The number of benzene rings is 1. The maximum absolute atomic E-state index is 12.0. The molecule has 1 unspecified atom stereocenters. The number of carboxylic acid groups (broad SMARTS) is 1. The maximum Gasteiger partial charge on any atom is 0.337 e. The predicted molar refractivity (Wildman–Crippen MR) is 74.3 cm³/mol. The smallest absolute Gasteiger partial charge is 0.337 e. The van der Waals surface area contributed by atoms with Crippen molar-refractivity contribution in [1.82, 2.24) is 4.72 Å². The lowest BCUT2D eigenvalue weighted by Gasteiger charge is -2.13. The summed E-state index contributed by atoms with van der Waals surface area (Å²) in [5, 5.41) is 8.93. The number of esters is 1. The summed E-state index contributed by atoms with van der Waals surface area (Å²) in [6.45, 7) is 3.38. The fourth-order valence-electron chi connectivity index (χ4n) is 1.51. The van der Waals surface area contributed by atoms with Crippen molar-refractivity contribution < 1.29 is 27.9 Å². The molecule has 0 aliphatic heterocycles. The molecule has 8 heteroatoms. The van der Waals surface area contributed by atoms with Gasteiger partial charge in [0.2, 0.25) is 10.0 Å². The SMILES string of the molecule is C=CCC(NS(=O)(=O)c1ccc(C(=O)OC)cc1)C(=O)O. The van der Waals surface area contributed by atoms with Gasteiger partial charge in [0.1, 0.15) is 6.04 Å². The predicted octanol–water partition coefficient (Wildman–Crippen LogP) is 0.781. The van der Waals surface area contributed by atoms with Gasteiger partial charge in [-0.3, -0.25) is 4.79 Å². The number of sulfonamides is 1. The first-order valence-electron chi connectivity index (χ1n) is 5.86. The quantitative estimate of drug-likeness (QED) is 0.568. The Bertz CT molecular complexity index is 635. The summed E-state index contributed by atoms with van der Waals surface area (Å²) in [6, 6.07) is 3.66. The Morgan fingerprint density at radius 1 is 1.38 bits per heavy atom. The van der Waals surface area contributed by atoms with Crippen molar-refractivity contribution in [3.63, 3.8) is 0 Å². The standard InChI is InChI=1S/C13H15NO6S/c1-3-4-11(12(15)16)14-21(18,19)10-7-5-9(6-8-10)13(17)20-2/h3,5-8,11,14H,1,4H2,2H3,(H,15,16). The number of hydrogen-bond acceptors (Lipinski definition) is 5. The van der Waals surface area contributed by atoms with Crippen molar-refractivity contribution in [2.24, 2.45) is 0 Å². The summed E-state index contributed by atoms with van der Waals surface area (Å²) in [4.78, 5) is 22.0. The molecule has 1 rings (SSSR count).